The number of benzene rings is 2. The van der Waals surface area contributed by atoms with Gasteiger partial charge in [-0.05, 0) is 43.5 Å². The topological polar surface area (TPSA) is 139 Å². The van der Waals surface area contributed by atoms with Crippen molar-refractivity contribution in [3.05, 3.63) is 64.2 Å². The molecule has 3 aromatic rings. The van der Waals surface area contributed by atoms with Crippen LogP contribution in [-0.4, -0.2) is 51.8 Å². The first-order valence-electron chi connectivity index (χ1n) is 10.2. The van der Waals surface area contributed by atoms with Gasteiger partial charge in [-0.1, -0.05) is 12.1 Å². The summed E-state index contributed by atoms with van der Waals surface area (Å²) in [7, 11) is -3.97. The zero-order valence-corrected chi connectivity index (χ0v) is 19.2. The Labute approximate surface area is 193 Å². The first-order chi connectivity index (χ1) is 15.9. The maximum Gasteiger partial charge on any atom is 0.264 e. The number of aromatic nitrogens is 2. The summed E-state index contributed by atoms with van der Waals surface area (Å²) in [5.41, 5.74) is 1.14. The van der Waals surface area contributed by atoms with Crippen molar-refractivity contribution in [2.24, 2.45) is 0 Å². The Kier molecular flexibility index (Phi) is 7.15. The van der Waals surface area contributed by atoms with Gasteiger partial charge in [0, 0.05) is 30.5 Å². The molecule has 0 aliphatic carbocycles. The number of aliphatic hydroxyl groups is 1. The monoisotopic (exact) mass is 495 g/mol. The van der Waals surface area contributed by atoms with Crippen LogP contribution in [0.2, 0.25) is 0 Å². The van der Waals surface area contributed by atoms with E-state index in [2.05, 4.69) is 4.98 Å². The third-order valence-corrected chi connectivity index (χ3v) is 7.89. The van der Waals surface area contributed by atoms with Crippen molar-refractivity contribution >= 4 is 26.6 Å². The second-order valence-electron chi connectivity index (χ2n) is 8.07. The fourth-order valence-electron chi connectivity index (χ4n) is 3.53. The van der Waals surface area contributed by atoms with Crippen molar-refractivity contribution in [2.45, 2.75) is 31.1 Å². The van der Waals surface area contributed by atoms with Crippen molar-refractivity contribution in [3.8, 4) is 11.1 Å². The van der Waals surface area contributed by atoms with Crippen LogP contribution in [0.4, 0.5) is 8.78 Å². The van der Waals surface area contributed by atoms with E-state index in [1.54, 1.807) is 6.07 Å². The number of aryl methyl sites for hydroxylation is 1. The van der Waals surface area contributed by atoms with Crippen LogP contribution in [0.15, 0.2) is 41.5 Å². The molecule has 1 atom stereocenters. The quantitative estimate of drug-likeness (QED) is 0.319. The Morgan fingerprint density at radius 2 is 1.85 bits per heavy atom. The Hall–Kier alpha value is -3.22. The zero-order valence-electron chi connectivity index (χ0n) is 18.4. The molecule has 1 amide bonds. The number of halogens is 2. The summed E-state index contributed by atoms with van der Waals surface area (Å²) < 4.78 is 52.7. The predicted octanol–water partition coefficient (Wildman–Crippen LogP) is 1.58. The summed E-state index contributed by atoms with van der Waals surface area (Å²) in [5, 5.41) is 17.8. The predicted molar refractivity (Wildman–Crippen MR) is 120 cm³/mol. The van der Waals surface area contributed by atoms with Crippen LogP contribution >= 0.6 is 0 Å². The van der Waals surface area contributed by atoms with Gasteiger partial charge in [-0.15, -0.1) is 0 Å². The lowest BCUT2D eigenvalue weighted by molar-refractivity contribution is -0.131. The number of hydrogen-bond acceptors (Lipinski definition) is 7. The van der Waals surface area contributed by atoms with E-state index in [1.165, 1.54) is 23.7 Å². The van der Waals surface area contributed by atoms with E-state index >= 15 is 0 Å². The molecule has 0 saturated heterocycles. The molecule has 34 heavy (non-hydrogen) atoms. The highest BCUT2D eigenvalue weighted by atomic mass is 32.2. The minimum atomic E-state index is -3.97. The lowest BCUT2D eigenvalue weighted by Crippen LogP contribution is -2.50. The smallest absolute Gasteiger partial charge is 0.264 e. The molecule has 0 saturated carbocycles. The Morgan fingerprint density at radius 1 is 1.18 bits per heavy atom. The van der Waals surface area contributed by atoms with Crippen molar-refractivity contribution in [1.82, 2.24) is 15.0 Å². The van der Waals surface area contributed by atoms with Crippen molar-refractivity contribution in [3.63, 3.8) is 0 Å². The van der Waals surface area contributed by atoms with Gasteiger partial charge in [0.1, 0.15) is 11.6 Å². The molecule has 1 heterocycles. The Bertz CT molecular complexity index is 1420. The number of rotatable bonds is 8. The molecule has 0 bridgehead atoms. The van der Waals surface area contributed by atoms with Crippen molar-refractivity contribution in [1.29, 1.82) is 0 Å². The number of sulfone groups is 1. The first kappa shape index (κ1) is 25.4. The highest BCUT2D eigenvalue weighted by Gasteiger charge is 2.43. The average Bonchev–Trinajstić information content (AvgIpc) is 2.78. The van der Waals surface area contributed by atoms with Gasteiger partial charge in [0.15, 0.2) is 14.6 Å². The van der Waals surface area contributed by atoms with Crippen LogP contribution in [0.25, 0.3) is 22.0 Å². The normalized spacial score (nSPS) is 13.6. The third-order valence-electron chi connectivity index (χ3n) is 5.87. The number of carbonyl (C=O) groups is 1. The Morgan fingerprint density at radius 3 is 2.44 bits per heavy atom. The summed E-state index contributed by atoms with van der Waals surface area (Å²) in [6.45, 7) is 0.691. The highest BCUT2D eigenvalue weighted by Crippen LogP contribution is 2.29. The van der Waals surface area contributed by atoms with Gasteiger partial charge in [0.2, 0.25) is 0 Å². The lowest BCUT2D eigenvalue weighted by atomic mass is 10.00. The molecule has 3 rings (SSSR count). The van der Waals surface area contributed by atoms with Crippen LogP contribution in [-0.2, 0) is 27.6 Å². The summed E-state index contributed by atoms with van der Waals surface area (Å²) in [4.78, 5) is 29.0. The molecule has 2 aromatic carbocycles. The van der Waals surface area contributed by atoms with Gasteiger partial charge in [0.05, 0.1) is 17.2 Å². The maximum absolute atomic E-state index is 14.9. The molecule has 182 valence electrons. The minimum Gasteiger partial charge on any atom is -0.396 e. The number of carbonyl (C=O) groups excluding carboxylic acids is 1. The molecule has 0 aliphatic rings. The number of hydrogen-bond donors (Lipinski definition) is 3. The van der Waals surface area contributed by atoms with Crippen molar-refractivity contribution < 1.29 is 32.3 Å². The molecule has 0 spiro atoms. The maximum atomic E-state index is 14.9. The van der Waals surface area contributed by atoms with Gasteiger partial charge in [-0.2, -0.15) is 0 Å². The molecule has 9 nitrogen and oxygen atoms in total. The lowest BCUT2D eigenvalue weighted by Gasteiger charge is -2.25. The molecule has 0 radical (unpaired) electrons. The van der Waals surface area contributed by atoms with Crippen molar-refractivity contribution in [2.75, 3.05) is 12.9 Å². The third kappa shape index (κ3) is 4.69. The van der Waals surface area contributed by atoms with Crippen LogP contribution in [0.1, 0.15) is 18.9 Å². The number of fused-ring (bicyclic) bond motifs is 1. The molecule has 12 heteroatoms. The molecular weight excluding hydrogens is 472 g/mol. The van der Waals surface area contributed by atoms with E-state index < -0.39 is 37.7 Å². The average molecular weight is 496 g/mol. The second kappa shape index (κ2) is 9.57. The summed E-state index contributed by atoms with van der Waals surface area (Å²) >= 11 is 0. The van der Waals surface area contributed by atoms with Gasteiger partial charge < -0.3 is 5.11 Å². The van der Waals surface area contributed by atoms with Gasteiger partial charge in [-0.3, -0.25) is 19.4 Å². The number of amides is 1. The number of nitrogens with zero attached hydrogens (tertiary/aromatic N) is 2. The first-order valence-corrected chi connectivity index (χ1v) is 12.0. The standard InChI is InChI=1S/C22H23F2N3O6S/c1-22(21(30)26-31,34(2,32)33)6-7-27-12-25-19-11-15(18(24)10-16(19)20(27)29)14-4-3-13(5-8-28)9-17(14)23/h3-4,9-12,28,31H,5-8H2,1-2H3,(H,26,30)/t22-/m1/s1. The van der Waals surface area contributed by atoms with Crippen LogP contribution < -0.4 is 11.0 Å². The van der Waals surface area contributed by atoms with Gasteiger partial charge in [-0.25, -0.2) is 27.7 Å². The van der Waals surface area contributed by atoms with E-state index in [0.717, 1.165) is 30.1 Å². The van der Waals surface area contributed by atoms with E-state index in [0.29, 0.717) is 5.56 Å². The fraction of sp³-hybridized carbons (Fsp3) is 0.318. The summed E-state index contributed by atoms with van der Waals surface area (Å²) in [5.74, 6) is -2.71. The minimum absolute atomic E-state index is 0.0361. The van der Waals surface area contributed by atoms with Crippen LogP contribution in [0, 0.1) is 11.6 Å². The van der Waals surface area contributed by atoms with E-state index in [1.807, 2.05) is 0 Å². The number of nitrogens with one attached hydrogen (secondary N) is 1. The van der Waals surface area contributed by atoms with Crippen LogP contribution in [0.5, 0.6) is 0 Å². The molecular formula is C22H23F2N3O6S. The largest absolute Gasteiger partial charge is 0.396 e. The zero-order chi connectivity index (χ0) is 25.3. The van der Waals surface area contributed by atoms with E-state index in [4.69, 9.17) is 10.3 Å². The molecule has 0 aliphatic heterocycles. The van der Waals surface area contributed by atoms with E-state index in [9.17, 15) is 26.8 Å². The molecule has 0 unspecified atom stereocenters. The van der Waals surface area contributed by atoms with E-state index in [-0.39, 0.29) is 48.0 Å². The molecule has 1 aromatic heterocycles. The summed E-state index contributed by atoms with van der Waals surface area (Å²) in [6, 6.07) is 6.30. The summed E-state index contributed by atoms with van der Waals surface area (Å²) in [6.07, 6.45) is 1.83. The SMILES string of the molecule is C[C@@](CCn1cnc2cc(-c3ccc(CCO)cc3F)c(F)cc2c1=O)(C(=O)NO)S(C)(=O)=O. The number of hydroxylamine groups is 1. The second-order valence-corrected chi connectivity index (χ2v) is 10.5. The molecule has 0 fully saturated rings. The van der Waals surface area contributed by atoms with Crippen LogP contribution in [0.3, 0.4) is 0 Å². The Balaban J connectivity index is 2.00. The van der Waals surface area contributed by atoms with Gasteiger partial charge >= 0.3 is 0 Å². The number of aliphatic hydroxyl groups excluding tert-OH is 1. The highest BCUT2D eigenvalue weighted by molar-refractivity contribution is 7.92. The molecule has 3 N–H and O–H groups in total. The van der Waals surface area contributed by atoms with Gasteiger partial charge in [0.25, 0.3) is 11.5 Å². The fourth-order valence-corrected chi connectivity index (χ4v) is 4.37.